The van der Waals surface area contributed by atoms with Crippen molar-refractivity contribution in [3.8, 4) is 0 Å². The van der Waals surface area contributed by atoms with E-state index in [4.69, 9.17) is 9.47 Å². The van der Waals surface area contributed by atoms with E-state index >= 15 is 0 Å². The number of nitrogens with one attached hydrogen (secondary N) is 2. The molecular formula is C24H32FN5O4S. The topological polar surface area (TPSA) is 96.0 Å². The third kappa shape index (κ3) is 6.54. The Labute approximate surface area is 208 Å². The Morgan fingerprint density at radius 1 is 1.20 bits per heavy atom. The van der Waals surface area contributed by atoms with Crippen LogP contribution in [0.25, 0.3) is 0 Å². The van der Waals surface area contributed by atoms with E-state index in [1.165, 1.54) is 11.3 Å². The van der Waals surface area contributed by atoms with Gasteiger partial charge in [0.25, 0.3) is 11.8 Å². The van der Waals surface area contributed by atoms with Crippen molar-refractivity contribution in [1.82, 2.24) is 15.2 Å². The summed E-state index contributed by atoms with van der Waals surface area (Å²) < 4.78 is 23.8. The third-order valence-corrected chi connectivity index (χ3v) is 7.17. The zero-order valence-electron chi connectivity index (χ0n) is 20.1. The number of carbonyl (C=O) groups is 2. The number of rotatable bonds is 10. The van der Waals surface area contributed by atoms with Crippen molar-refractivity contribution in [1.29, 1.82) is 0 Å². The molecule has 2 saturated heterocycles. The Bertz CT molecular complexity index is 1020. The lowest BCUT2D eigenvalue weighted by Crippen LogP contribution is -2.51. The highest BCUT2D eigenvalue weighted by atomic mass is 32.1. The van der Waals surface area contributed by atoms with Gasteiger partial charge in [0.15, 0.2) is 5.13 Å². The van der Waals surface area contributed by atoms with E-state index in [2.05, 4.69) is 25.4 Å². The predicted molar refractivity (Wildman–Crippen MR) is 133 cm³/mol. The number of amides is 2. The Morgan fingerprint density at radius 3 is 2.69 bits per heavy atom. The number of ether oxygens (including phenoxy) is 2. The molecular weight excluding hydrogens is 473 g/mol. The molecule has 3 heterocycles. The van der Waals surface area contributed by atoms with Crippen molar-refractivity contribution < 1.29 is 23.5 Å². The van der Waals surface area contributed by atoms with Gasteiger partial charge in [0.2, 0.25) is 0 Å². The molecule has 11 heteroatoms. The van der Waals surface area contributed by atoms with E-state index in [9.17, 15) is 14.0 Å². The minimum atomic E-state index is -0.736. The van der Waals surface area contributed by atoms with Gasteiger partial charge in [-0.2, -0.15) is 0 Å². The molecule has 4 rings (SSSR count). The fourth-order valence-electron chi connectivity index (χ4n) is 4.11. The maximum atomic E-state index is 13.5. The molecule has 2 aromatic rings. The summed E-state index contributed by atoms with van der Waals surface area (Å²) in [4.78, 5) is 34.6. The molecule has 0 saturated carbocycles. The van der Waals surface area contributed by atoms with E-state index in [-0.39, 0.29) is 17.9 Å². The standard InChI is InChI=1S/C24H32FN5O4S/c1-33-10-7-26-22(31)19-11-16(12-29-8-5-17(25)6-9-29)3-4-20(19)27-23(32)21-15-35-24(28-21)30-13-18(14-30)34-2/h3-4,11,15,17-18H,5-10,12-14H2,1-2H3,(H,26,31)(H,27,32). The second-order valence-electron chi connectivity index (χ2n) is 8.81. The molecule has 2 amide bonds. The monoisotopic (exact) mass is 505 g/mol. The van der Waals surface area contributed by atoms with Crippen LogP contribution in [0.5, 0.6) is 0 Å². The van der Waals surface area contributed by atoms with Gasteiger partial charge in [-0.3, -0.25) is 14.5 Å². The lowest BCUT2D eigenvalue weighted by Gasteiger charge is -2.37. The molecule has 0 spiro atoms. The average molecular weight is 506 g/mol. The first-order chi connectivity index (χ1) is 17.0. The van der Waals surface area contributed by atoms with Gasteiger partial charge < -0.3 is 25.0 Å². The highest BCUT2D eigenvalue weighted by Gasteiger charge is 2.29. The highest BCUT2D eigenvalue weighted by Crippen LogP contribution is 2.27. The molecule has 0 radical (unpaired) electrons. The summed E-state index contributed by atoms with van der Waals surface area (Å²) in [6.07, 6.45) is 0.506. The molecule has 0 atom stereocenters. The summed E-state index contributed by atoms with van der Waals surface area (Å²) in [6, 6.07) is 5.42. The number of carbonyl (C=O) groups excluding carboxylic acids is 2. The quantitative estimate of drug-likeness (QED) is 0.479. The first-order valence-corrected chi connectivity index (χ1v) is 12.7. The average Bonchev–Trinajstić information content (AvgIpc) is 3.31. The number of aromatic nitrogens is 1. The molecule has 2 N–H and O–H groups in total. The number of halogens is 1. The van der Waals surface area contributed by atoms with Crippen LogP contribution in [-0.2, 0) is 16.0 Å². The van der Waals surface area contributed by atoms with Gasteiger partial charge in [-0.1, -0.05) is 6.07 Å². The Morgan fingerprint density at radius 2 is 1.97 bits per heavy atom. The van der Waals surface area contributed by atoms with E-state index in [0.29, 0.717) is 62.6 Å². The lowest BCUT2D eigenvalue weighted by atomic mass is 10.0. The number of hydrogen-bond acceptors (Lipinski definition) is 8. The summed E-state index contributed by atoms with van der Waals surface area (Å²) in [5.41, 5.74) is 2.01. The maximum Gasteiger partial charge on any atom is 0.275 e. The van der Waals surface area contributed by atoms with Crippen LogP contribution >= 0.6 is 11.3 Å². The Kier molecular flexibility index (Phi) is 8.66. The van der Waals surface area contributed by atoms with Gasteiger partial charge in [-0.05, 0) is 30.5 Å². The van der Waals surface area contributed by atoms with Crippen LogP contribution in [-0.4, -0.2) is 87.5 Å². The summed E-state index contributed by atoms with van der Waals surface area (Å²) >= 11 is 1.40. The second kappa shape index (κ2) is 11.9. The number of nitrogens with zero attached hydrogens (tertiary/aromatic N) is 3. The fourth-order valence-corrected chi connectivity index (χ4v) is 4.94. The minimum absolute atomic E-state index is 0.192. The SMILES string of the molecule is COCCNC(=O)c1cc(CN2CCC(F)CC2)ccc1NC(=O)c1csc(N2CC(OC)C2)n1. The zero-order valence-corrected chi connectivity index (χ0v) is 20.9. The number of alkyl halides is 1. The number of piperidine rings is 1. The molecule has 9 nitrogen and oxygen atoms in total. The van der Waals surface area contributed by atoms with Crippen molar-refractivity contribution in [3.63, 3.8) is 0 Å². The minimum Gasteiger partial charge on any atom is -0.383 e. The summed E-state index contributed by atoms with van der Waals surface area (Å²) in [6.45, 7) is 4.22. The van der Waals surface area contributed by atoms with Gasteiger partial charge in [0.05, 0.1) is 24.0 Å². The third-order valence-electron chi connectivity index (χ3n) is 6.27. The zero-order chi connectivity index (χ0) is 24.8. The maximum absolute atomic E-state index is 13.5. The van der Waals surface area contributed by atoms with Crippen molar-refractivity contribution >= 4 is 34.0 Å². The van der Waals surface area contributed by atoms with Gasteiger partial charge >= 0.3 is 0 Å². The number of methoxy groups -OCH3 is 2. The van der Waals surface area contributed by atoms with Crippen molar-refractivity contribution in [2.45, 2.75) is 31.7 Å². The normalized spacial score (nSPS) is 17.3. The molecule has 0 unspecified atom stereocenters. The van der Waals surface area contributed by atoms with E-state index in [1.807, 2.05) is 6.07 Å². The summed E-state index contributed by atoms with van der Waals surface area (Å²) in [7, 11) is 3.25. The van der Waals surface area contributed by atoms with E-state index in [1.54, 1.807) is 31.7 Å². The van der Waals surface area contributed by atoms with Crippen LogP contribution in [0.4, 0.5) is 15.2 Å². The number of thiazole rings is 1. The van der Waals surface area contributed by atoms with Crippen LogP contribution in [0.1, 0.15) is 39.3 Å². The molecule has 190 valence electrons. The Hall–Kier alpha value is -2.60. The first-order valence-electron chi connectivity index (χ1n) is 11.8. The number of anilines is 2. The smallest absolute Gasteiger partial charge is 0.275 e. The lowest BCUT2D eigenvalue weighted by molar-refractivity contribution is 0.0787. The van der Waals surface area contributed by atoms with Gasteiger partial charge in [-0.15, -0.1) is 11.3 Å². The number of likely N-dealkylation sites (tertiary alicyclic amines) is 1. The molecule has 2 fully saturated rings. The van der Waals surface area contributed by atoms with Crippen molar-refractivity contribution in [2.24, 2.45) is 0 Å². The first kappa shape index (κ1) is 25.5. The number of benzene rings is 1. The van der Waals surface area contributed by atoms with Crippen LogP contribution in [0, 0.1) is 0 Å². The van der Waals surface area contributed by atoms with Gasteiger partial charge in [-0.25, -0.2) is 9.37 Å². The fraction of sp³-hybridized carbons (Fsp3) is 0.542. The second-order valence-corrected chi connectivity index (χ2v) is 9.65. The molecule has 1 aromatic carbocycles. The molecule has 2 aliphatic rings. The molecule has 0 aliphatic carbocycles. The Balaban J connectivity index is 1.46. The van der Waals surface area contributed by atoms with Crippen molar-refractivity contribution in [3.05, 3.63) is 40.4 Å². The molecule has 2 aliphatic heterocycles. The summed E-state index contributed by atoms with van der Waals surface area (Å²) in [5, 5.41) is 8.16. The largest absolute Gasteiger partial charge is 0.383 e. The van der Waals surface area contributed by atoms with Crippen molar-refractivity contribution in [2.75, 3.05) is 63.8 Å². The van der Waals surface area contributed by atoms with Gasteiger partial charge in [0.1, 0.15) is 11.9 Å². The van der Waals surface area contributed by atoms with Crippen LogP contribution in [0.3, 0.4) is 0 Å². The van der Waals surface area contributed by atoms with Gasteiger partial charge in [0, 0.05) is 58.9 Å². The summed E-state index contributed by atoms with van der Waals surface area (Å²) in [5.74, 6) is -0.674. The molecule has 1 aromatic heterocycles. The molecule has 35 heavy (non-hydrogen) atoms. The van der Waals surface area contributed by atoms with Crippen LogP contribution in [0.15, 0.2) is 23.6 Å². The van der Waals surface area contributed by atoms with E-state index in [0.717, 1.165) is 23.8 Å². The van der Waals surface area contributed by atoms with E-state index < -0.39 is 6.17 Å². The van der Waals surface area contributed by atoms with Crippen LogP contribution < -0.4 is 15.5 Å². The van der Waals surface area contributed by atoms with Crippen LogP contribution in [0.2, 0.25) is 0 Å². The number of hydrogen-bond donors (Lipinski definition) is 2. The molecule has 0 bridgehead atoms. The predicted octanol–water partition coefficient (Wildman–Crippen LogP) is 2.54. The highest BCUT2D eigenvalue weighted by molar-refractivity contribution is 7.14.